The third kappa shape index (κ3) is 4.00. The van der Waals surface area contributed by atoms with Gasteiger partial charge in [-0.15, -0.1) is 0 Å². The quantitative estimate of drug-likeness (QED) is 0.871. The Balaban J connectivity index is 1.91. The SMILES string of the molecule is CC(C)(C)NCC1CCC1Cc1cc(F)ccc1F. The Morgan fingerprint density at radius 3 is 2.42 bits per heavy atom. The second kappa shape index (κ2) is 5.58. The summed E-state index contributed by atoms with van der Waals surface area (Å²) in [6.45, 7) is 7.40. The molecule has 1 saturated carbocycles. The summed E-state index contributed by atoms with van der Waals surface area (Å²) in [5, 5.41) is 3.50. The van der Waals surface area contributed by atoms with Crippen molar-refractivity contribution in [3.63, 3.8) is 0 Å². The van der Waals surface area contributed by atoms with Crippen LogP contribution in [0.4, 0.5) is 8.78 Å². The molecule has 1 aliphatic carbocycles. The van der Waals surface area contributed by atoms with Crippen LogP contribution in [0.2, 0.25) is 0 Å². The minimum atomic E-state index is -0.347. The molecule has 0 aromatic heterocycles. The molecule has 0 bridgehead atoms. The predicted molar refractivity (Wildman–Crippen MR) is 74.0 cm³/mol. The van der Waals surface area contributed by atoms with Crippen LogP contribution in [-0.2, 0) is 6.42 Å². The van der Waals surface area contributed by atoms with Crippen molar-refractivity contribution < 1.29 is 8.78 Å². The van der Waals surface area contributed by atoms with Crippen LogP contribution in [0.1, 0.15) is 39.2 Å². The average Bonchev–Trinajstić information content (AvgIpc) is 2.27. The van der Waals surface area contributed by atoms with Gasteiger partial charge in [0.25, 0.3) is 0 Å². The molecule has 1 N–H and O–H groups in total. The zero-order chi connectivity index (χ0) is 14.0. The summed E-state index contributed by atoms with van der Waals surface area (Å²) >= 11 is 0. The molecule has 106 valence electrons. The molecule has 0 aliphatic heterocycles. The van der Waals surface area contributed by atoms with Crippen LogP contribution in [0, 0.1) is 23.5 Å². The number of hydrogen-bond donors (Lipinski definition) is 1. The van der Waals surface area contributed by atoms with Gasteiger partial charge in [0.2, 0.25) is 0 Å². The van der Waals surface area contributed by atoms with Gasteiger partial charge in [-0.25, -0.2) is 8.78 Å². The van der Waals surface area contributed by atoms with E-state index in [0.29, 0.717) is 23.8 Å². The molecule has 0 spiro atoms. The maximum absolute atomic E-state index is 13.6. The highest BCUT2D eigenvalue weighted by Crippen LogP contribution is 2.37. The standard InChI is InChI=1S/C16H23F2N/c1-16(2,3)19-10-12-5-4-11(12)8-13-9-14(17)6-7-15(13)18/h6-7,9,11-12,19H,4-5,8,10H2,1-3H3. The van der Waals surface area contributed by atoms with Crippen LogP contribution in [0.15, 0.2) is 18.2 Å². The Labute approximate surface area is 114 Å². The van der Waals surface area contributed by atoms with Crippen LogP contribution in [0.5, 0.6) is 0 Å². The summed E-state index contributed by atoms with van der Waals surface area (Å²) in [4.78, 5) is 0. The largest absolute Gasteiger partial charge is 0.312 e. The lowest BCUT2D eigenvalue weighted by Crippen LogP contribution is -2.44. The molecule has 19 heavy (non-hydrogen) atoms. The molecule has 2 unspecified atom stereocenters. The van der Waals surface area contributed by atoms with E-state index in [9.17, 15) is 8.78 Å². The van der Waals surface area contributed by atoms with Crippen molar-refractivity contribution in [1.29, 1.82) is 0 Å². The van der Waals surface area contributed by atoms with Crippen molar-refractivity contribution in [1.82, 2.24) is 5.32 Å². The van der Waals surface area contributed by atoms with Gasteiger partial charge in [-0.3, -0.25) is 0 Å². The van der Waals surface area contributed by atoms with Crippen molar-refractivity contribution in [3.8, 4) is 0 Å². The lowest BCUT2D eigenvalue weighted by molar-refractivity contribution is 0.158. The highest BCUT2D eigenvalue weighted by Gasteiger charge is 2.31. The molecule has 1 aliphatic rings. The van der Waals surface area contributed by atoms with Crippen LogP contribution >= 0.6 is 0 Å². The second-order valence-corrected chi connectivity index (χ2v) is 6.67. The molecule has 1 aromatic rings. The van der Waals surface area contributed by atoms with Crippen molar-refractivity contribution in [2.45, 2.75) is 45.6 Å². The minimum Gasteiger partial charge on any atom is -0.312 e. The Bertz CT molecular complexity index is 437. The van der Waals surface area contributed by atoms with Crippen molar-refractivity contribution in [3.05, 3.63) is 35.4 Å². The molecule has 2 atom stereocenters. The summed E-state index contributed by atoms with van der Waals surface area (Å²) in [5.74, 6) is 0.434. The monoisotopic (exact) mass is 267 g/mol. The first-order chi connectivity index (χ1) is 8.85. The first-order valence-electron chi connectivity index (χ1n) is 7.04. The topological polar surface area (TPSA) is 12.0 Å². The van der Waals surface area contributed by atoms with Crippen LogP contribution < -0.4 is 5.32 Å². The third-order valence-corrected chi connectivity index (χ3v) is 3.96. The van der Waals surface area contributed by atoms with Crippen LogP contribution in [-0.4, -0.2) is 12.1 Å². The van der Waals surface area contributed by atoms with Crippen LogP contribution in [0.25, 0.3) is 0 Å². The van der Waals surface area contributed by atoms with Crippen molar-refractivity contribution in [2.24, 2.45) is 11.8 Å². The summed E-state index contributed by atoms with van der Waals surface area (Å²) in [5.41, 5.74) is 0.634. The van der Waals surface area contributed by atoms with E-state index >= 15 is 0 Å². The maximum Gasteiger partial charge on any atom is 0.126 e. The molecule has 1 aromatic carbocycles. The number of hydrogen-bond acceptors (Lipinski definition) is 1. The van der Waals surface area contributed by atoms with Gasteiger partial charge in [0.15, 0.2) is 0 Å². The predicted octanol–water partition coefficient (Wildman–Crippen LogP) is 3.92. The first kappa shape index (κ1) is 14.4. The molecule has 3 heteroatoms. The number of nitrogens with one attached hydrogen (secondary N) is 1. The summed E-state index contributed by atoms with van der Waals surface area (Å²) in [7, 11) is 0. The fraction of sp³-hybridized carbons (Fsp3) is 0.625. The van der Waals surface area contributed by atoms with Crippen molar-refractivity contribution in [2.75, 3.05) is 6.54 Å². The lowest BCUT2D eigenvalue weighted by atomic mass is 9.70. The normalized spacial score (nSPS) is 23.2. The number of benzene rings is 1. The number of rotatable bonds is 4. The Hall–Kier alpha value is -0.960. The van der Waals surface area contributed by atoms with E-state index < -0.39 is 0 Å². The fourth-order valence-electron chi connectivity index (χ4n) is 2.60. The van der Waals surface area contributed by atoms with E-state index in [4.69, 9.17) is 0 Å². The summed E-state index contributed by atoms with van der Waals surface area (Å²) in [6.07, 6.45) is 2.96. The maximum atomic E-state index is 13.6. The van der Waals surface area contributed by atoms with E-state index in [1.807, 2.05) is 0 Å². The van der Waals surface area contributed by atoms with Gasteiger partial charge in [0.05, 0.1) is 0 Å². The van der Waals surface area contributed by atoms with Gasteiger partial charge in [0.1, 0.15) is 11.6 Å². The van der Waals surface area contributed by atoms with Crippen molar-refractivity contribution >= 4 is 0 Å². The van der Waals surface area contributed by atoms with E-state index in [2.05, 4.69) is 26.1 Å². The van der Waals surface area contributed by atoms with Gasteiger partial charge in [0, 0.05) is 5.54 Å². The van der Waals surface area contributed by atoms with Gasteiger partial charge < -0.3 is 5.32 Å². The van der Waals surface area contributed by atoms with Crippen LogP contribution in [0.3, 0.4) is 0 Å². The molecule has 1 fully saturated rings. The molecule has 0 heterocycles. The van der Waals surface area contributed by atoms with E-state index in [-0.39, 0.29) is 17.2 Å². The Kier molecular flexibility index (Phi) is 4.24. The Morgan fingerprint density at radius 1 is 1.16 bits per heavy atom. The smallest absolute Gasteiger partial charge is 0.126 e. The minimum absolute atomic E-state index is 0.115. The molecule has 0 radical (unpaired) electrons. The second-order valence-electron chi connectivity index (χ2n) is 6.67. The highest BCUT2D eigenvalue weighted by atomic mass is 19.1. The first-order valence-corrected chi connectivity index (χ1v) is 7.04. The highest BCUT2D eigenvalue weighted by molar-refractivity contribution is 5.20. The van der Waals surface area contributed by atoms with E-state index in [1.165, 1.54) is 24.6 Å². The molecular formula is C16H23F2N. The zero-order valence-corrected chi connectivity index (χ0v) is 12.0. The third-order valence-electron chi connectivity index (χ3n) is 3.96. The van der Waals surface area contributed by atoms with Gasteiger partial charge in [-0.2, -0.15) is 0 Å². The average molecular weight is 267 g/mol. The molecule has 1 nitrogen and oxygen atoms in total. The van der Waals surface area contributed by atoms with E-state index in [0.717, 1.165) is 13.0 Å². The fourth-order valence-corrected chi connectivity index (χ4v) is 2.60. The van der Waals surface area contributed by atoms with Gasteiger partial charge in [-0.05, 0) is 82.2 Å². The van der Waals surface area contributed by atoms with Gasteiger partial charge >= 0.3 is 0 Å². The summed E-state index contributed by atoms with van der Waals surface area (Å²) in [6, 6.07) is 3.74. The number of halogens is 2. The zero-order valence-electron chi connectivity index (χ0n) is 12.0. The van der Waals surface area contributed by atoms with E-state index in [1.54, 1.807) is 0 Å². The molecule has 2 rings (SSSR count). The molecule has 0 saturated heterocycles. The lowest BCUT2D eigenvalue weighted by Gasteiger charge is -2.39. The summed E-state index contributed by atoms with van der Waals surface area (Å²) < 4.78 is 26.8. The molecule has 0 amide bonds. The van der Waals surface area contributed by atoms with Gasteiger partial charge in [-0.1, -0.05) is 0 Å². The Morgan fingerprint density at radius 2 is 1.84 bits per heavy atom. The molecular weight excluding hydrogens is 244 g/mol.